The first kappa shape index (κ1) is 17.1. The van der Waals surface area contributed by atoms with Crippen molar-refractivity contribution in [2.45, 2.75) is 51.6 Å². The van der Waals surface area contributed by atoms with Crippen LogP contribution in [0.15, 0.2) is 22.9 Å². The first-order valence-corrected chi connectivity index (χ1v) is 7.87. The summed E-state index contributed by atoms with van der Waals surface area (Å²) in [5, 5.41) is 9.36. The SMILES string of the molecule is CCCCCCC(C(=O)O)N(C)Cc1ccc(Br)nc1. The molecule has 0 saturated heterocycles. The third kappa shape index (κ3) is 6.01. The zero-order valence-electron chi connectivity index (χ0n) is 12.2. The molecule has 0 fully saturated rings. The Hall–Kier alpha value is -0.940. The van der Waals surface area contributed by atoms with Gasteiger partial charge in [-0.05, 0) is 41.0 Å². The van der Waals surface area contributed by atoms with Crippen molar-refractivity contribution in [3.63, 3.8) is 0 Å². The van der Waals surface area contributed by atoms with E-state index in [9.17, 15) is 9.90 Å². The lowest BCUT2D eigenvalue weighted by Gasteiger charge is -2.24. The molecule has 1 rings (SSSR count). The maximum Gasteiger partial charge on any atom is 0.320 e. The lowest BCUT2D eigenvalue weighted by molar-refractivity contribution is -0.143. The van der Waals surface area contributed by atoms with Gasteiger partial charge in [-0.15, -0.1) is 0 Å². The molecule has 0 bridgehead atoms. The molecule has 1 unspecified atom stereocenters. The van der Waals surface area contributed by atoms with Gasteiger partial charge in [-0.3, -0.25) is 9.69 Å². The van der Waals surface area contributed by atoms with E-state index in [1.807, 2.05) is 24.1 Å². The topological polar surface area (TPSA) is 53.4 Å². The van der Waals surface area contributed by atoms with Crippen LogP contribution in [-0.2, 0) is 11.3 Å². The van der Waals surface area contributed by atoms with Crippen LogP contribution in [0.5, 0.6) is 0 Å². The molecule has 1 heterocycles. The fraction of sp³-hybridized carbons (Fsp3) is 0.600. The number of carboxylic acid groups (broad SMARTS) is 1. The summed E-state index contributed by atoms with van der Waals surface area (Å²) in [5.41, 5.74) is 1.02. The highest BCUT2D eigenvalue weighted by molar-refractivity contribution is 9.10. The van der Waals surface area contributed by atoms with Gasteiger partial charge in [0.2, 0.25) is 0 Å². The van der Waals surface area contributed by atoms with Crippen LogP contribution in [0.25, 0.3) is 0 Å². The van der Waals surface area contributed by atoms with E-state index in [0.29, 0.717) is 13.0 Å². The van der Waals surface area contributed by atoms with Gasteiger partial charge < -0.3 is 5.11 Å². The summed E-state index contributed by atoms with van der Waals surface area (Å²) in [6.45, 7) is 2.76. The molecule has 5 heteroatoms. The van der Waals surface area contributed by atoms with Gasteiger partial charge in [0.15, 0.2) is 0 Å². The first-order chi connectivity index (χ1) is 9.54. The number of carbonyl (C=O) groups is 1. The summed E-state index contributed by atoms with van der Waals surface area (Å²) < 4.78 is 0.790. The Balaban J connectivity index is 2.52. The van der Waals surface area contributed by atoms with E-state index in [4.69, 9.17) is 0 Å². The van der Waals surface area contributed by atoms with Crippen LogP contribution in [0.1, 0.15) is 44.6 Å². The molecule has 0 aliphatic heterocycles. The molecule has 112 valence electrons. The van der Waals surface area contributed by atoms with Gasteiger partial charge in [0, 0.05) is 12.7 Å². The maximum absolute atomic E-state index is 11.4. The predicted molar refractivity (Wildman–Crippen MR) is 83.6 cm³/mol. The molecular weight excluding hydrogens is 320 g/mol. The number of nitrogens with zero attached hydrogens (tertiary/aromatic N) is 2. The highest BCUT2D eigenvalue weighted by atomic mass is 79.9. The van der Waals surface area contributed by atoms with Gasteiger partial charge in [0.25, 0.3) is 0 Å². The minimum absolute atomic E-state index is 0.421. The molecule has 0 aliphatic carbocycles. The van der Waals surface area contributed by atoms with Crippen molar-refractivity contribution in [1.82, 2.24) is 9.88 Å². The van der Waals surface area contributed by atoms with Crippen LogP contribution < -0.4 is 0 Å². The van der Waals surface area contributed by atoms with Crippen molar-refractivity contribution in [3.05, 3.63) is 28.5 Å². The van der Waals surface area contributed by atoms with E-state index in [1.54, 1.807) is 6.20 Å². The standard InChI is InChI=1S/C15H23BrN2O2/c1-3-4-5-6-7-13(15(19)20)18(2)11-12-8-9-14(16)17-10-12/h8-10,13H,3-7,11H2,1-2H3,(H,19,20). The molecule has 0 saturated carbocycles. The summed E-state index contributed by atoms with van der Waals surface area (Å²) in [6.07, 6.45) is 6.89. The average molecular weight is 343 g/mol. The van der Waals surface area contributed by atoms with E-state index in [0.717, 1.165) is 29.4 Å². The average Bonchev–Trinajstić information content (AvgIpc) is 2.40. The van der Waals surface area contributed by atoms with Gasteiger partial charge in [-0.1, -0.05) is 38.7 Å². The number of unbranched alkanes of at least 4 members (excludes halogenated alkanes) is 3. The zero-order valence-corrected chi connectivity index (χ0v) is 13.8. The number of likely N-dealkylation sites (N-methyl/N-ethyl adjacent to an activating group) is 1. The Labute approximate surface area is 129 Å². The Morgan fingerprint density at radius 2 is 2.15 bits per heavy atom. The molecule has 4 nitrogen and oxygen atoms in total. The van der Waals surface area contributed by atoms with Crippen LogP contribution in [0.3, 0.4) is 0 Å². The molecule has 1 atom stereocenters. The van der Waals surface area contributed by atoms with E-state index < -0.39 is 12.0 Å². The Morgan fingerprint density at radius 3 is 2.70 bits per heavy atom. The summed E-state index contributed by atoms with van der Waals surface area (Å²) >= 11 is 3.29. The van der Waals surface area contributed by atoms with Gasteiger partial charge in [0.05, 0.1) is 0 Å². The van der Waals surface area contributed by atoms with Crippen LogP contribution in [0.2, 0.25) is 0 Å². The monoisotopic (exact) mass is 342 g/mol. The van der Waals surface area contributed by atoms with Crippen molar-refractivity contribution in [2.75, 3.05) is 7.05 Å². The van der Waals surface area contributed by atoms with Gasteiger partial charge in [0.1, 0.15) is 10.6 Å². The van der Waals surface area contributed by atoms with Gasteiger partial charge >= 0.3 is 5.97 Å². The highest BCUT2D eigenvalue weighted by Gasteiger charge is 2.22. The van der Waals surface area contributed by atoms with Gasteiger partial charge in [-0.2, -0.15) is 0 Å². The lowest BCUT2D eigenvalue weighted by Crippen LogP contribution is -2.38. The summed E-state index contributed by atoms with van der Waals surface area (Å²) in [6, 6.07) is 3.42. The second kappa shape index (κ2) is 9.08. The number of hydrogen-bond acceptors (Lipinski definition) is 3. The molecule has 0 radical (unpaired) electrons. The summed E-state index contributed by atoms with van der Waals surface area (Å²) in [7, 11) is 1.86. The molecular formula is C15H23BrN2O2. The minimum Gasteiger partial charge on any atom is -0.480 e. The molecule has 0 amide bonds. The van der Waals surface area contributed by atoms with Crippen LogP contribution >= 0.6 is 15.9 Å². The van der Waals surface area contributed by atoms with Crippen molar-refractivity contribution in [2.24, 2.45) is 0 Å². The molecule has 1 aromatic rings. The number of aromatic nitrogens is 1. The Morgan fingerprint density at radius 1 is 1.40 bits per heavy atom. The molecule has 1 aromatic heterocycles. The molecule has 20 heavy (non-hydrogen) atoms. The number of carboxylic acids is 1. The Kier molecular flexibility index (Phi) is 7.77. The third-order valence-corrected chi connectivity index (χ3v) is 3.84. The van der Waals surface area contributed by atoms with Crippen LogP contribution in [0.4, 0.5) is 0 Å². The van der Waals surface area contributed by atoms with Crippen molar-refractivity contribution in [1.29, 1.82) is 0 Å². The fourth-order valence-corrected chi connectivity index (χ4v) is 2.43. The van der Waals surface area contributed by atoms with Crippen LogP contribution in [0, 0.1) is 0 Å². The number of halogens is 1. The molecule has 1 N–H and O–H groups in total. The first-order valence-electron chi connectivity index (χ1n) is 7.08. The zero-order chi connectivity index (χ0) is 15.0. The molecule has 0 aromatic carbocycles. The minimum atomic E-state index is -0.742. The highest BCUT2D eigenvalue weighted by Crippen LogP contribution is 2.14. The number of hydrogen-bond donors (Lipinski definition) is 1. The van der Waals surface area contributed by atoms with E-state index in [-0.39, 0.29) is 0 Å². The number of rotatable bonds is 9. The van der Waals surface area contributed by atoms with E-state index in [1.165, 1.54) is 6.42 Å². The molecule has 0 aliphatic rings. The van der Waals surface area contributed by atoms with Crippen molar-refractivity contribution in [3.8, 4) is 0 Å². The van der Waals surface area contributed by atoms with Crippen molar-refractivity contribution >= 4 is 21.9 Å². The smallest absolute Gasteiger partial charge is 0.320 e. The van der Waals surface area contributed by atoms with Crippen molar-refractivity contribution < 1.29 is 9.90 Å². The van der Waals surface area contributed by atoms with Crippen LogP contribution in [-0.4, -0.2) is 34.0 Å². The predicted octanol–water partition coefficient (Wildman–Crippen LogP) is 3.70. The Bertz CT molecular complexity index is 409. The van der Waals surface area contributed by atoms with Gasteiger partial charge in [-0.25, -0.2) is 4.98 Å². The second-order valence-electron chi connectivity index (χ2n) is 5.11. The second-order valence-corrected chi connectivity index (χ2v) is 5.92. The number of aliphatic carboxylic acids is 1. The maximum atomic E-state index is 11.4. The van der Waals surface area contributed by atoms with E-state index in [2.05, 4.69) is 27.8 Å². The lowest BCUT2D eigenvalue weighted by atomic mass is 10.1. The normalized spacial score (nSPS) is 12.6. The third-order valence-electron chi connectivity index (χ3n) is 3.37. The summed E-state index contributed by atoms with van der Waals surface area (Å²) in [4.78, 5) is 17.4. The van der Waals surface area contributed by atoms with E-state index >= 15 is 0 Å². The summed E-state index contributed by atoms with van der Waals surface area (Å²) in [5.74, 6) is -0.742. The quantitative estimate of drug-likeness (QED) is 0.549. The number of pyridine rings is 1. The molecule has 0 spiro atoms. The fourth-order valence-electron chi connectivity index (χ4n) is 2.20. The largest absolute Gasteiger partial charge is 0.480 e.